The quantitative estimate of drug-likeness (QED) is 0.862. The normalized spacial score (nSPS) is 17.9. The molecule has 0 saturated carbocycles. The van der Waals surface area contributed by atoms with Crippen LogP contribution in [0.25, 0.3) is 0 Å². The minimum Gasteiger partial charge on any atom is -0.476 e. The zero-order valence-electron chi connectivity index (χ0n) is 13.4. The first-order chi connectivity index (χ1) is 10.4. The summed E-state index contributed by atoms with van der Waals surface area (Å²) in [6.07, 6.45) is 0.677. The molecule has 0 aromatic heterocycles. The van der Waals surface area contributed by atoms with E-state index >= 15 is 0 Å². The molecular weight excluding hydrogens is 294 g/mol. The van der Waals surface area contributed by atoms with Crippen LogP contribution in [-0.2, 0) is 17.2 Å². The van der Waals surface area contributed by atoms with Crippen molar-refractivity contribution in [1.82, 2.24) is 0 Å². The van der Waals surface area contributed by atoms with Crippen molar-refractivity contribution in [3.63, 3.8) is 0 Å². The highest BCUT2D eigenvalue weighted by atomic mass is 32.2. The number of hydrogen-bond acceptors (Lipinski definition) is 3. The summed E-state index contributed by atoms with van der Waals surface area (Å²) in [6, 6.07) is 8.08. The second-order valence-electron chi connectivity index (χ2n) is 5.99. The fourth-order valence-electron chi connectivity index (χ4n) is 3.14. The number of fused-ring (bicyclic) bond motifs is 1. The first-order valence-electron chi connectivity index (χ1n) is 7.42. The number of nitrogen functional groups attached to an aromatic ring is 1. The molecule has 1 aliphatic rings. The second kappa shape index (κ2) is 5.43. The van der Waals surface area contributed by atoms with Crippen LogP contribution in [0.2, 0.25) is 0 Å². The van der Waals surface area contributed by atoms with Crippen molar-refractivity contribution in [2.24, 2.45) is 0 Å². The Morgan fingerprint density at radius 3 is 2.55 bits per heavy atom. The van der Waals surface area contributed by atoms with E-state index in [-0.39, 0.29) is 5.44 Å². The largest absolute Gasteiger partial charge is 0.476 e. The van der Waals surface area contributed by atoms with Crippen LogP contribution in [0, 0.1) is 27.7 Å². The topological polar surface area (TPSA) is 52.3 Å². The van der Waals surface area contributed by atoms with Crippen LogP contribution in [0.4, 0.5) is 5.69 Å². The molecule has 1 heterocycles. The number of anilines is 1. The molecule has 3 rings (SSSR count). The number of aryl methyl sites for hydroxylation is 3. The molecule has 0 radical (unpaired) electrons. The molecule has 3 nitrogen and oxygen atoms in total. The lowest BCUT2D eigenvalue weighted by Gasteiger charge is -2.17. The number of rotatable bonds is 2. The molecule has 0 bridgehead atoms. The van der Waals surface area contributed by atoms with Crippen LogP contribution in [-0.4, -0.2) is 9.64 Å². The molecule has 0 aliphatic carbocycles. The van der Waals surface area contributed by atoms with Crippen molar-refractivity contribution in [3.8, 4) is 5.75 Å². The summed E-state index contributed by atoms with van der Waals surface area (Å²) >= 11 is 0. The Morgan fingerprint density at radius 2 is 1.86 bits per heavy atom. The third-order valence-electron chi connectivity index (χ3n) is 4.33. The molecule has 1 aliphatic heterocycles. The second-order valence-corrected chi connectivity index (χ2v) is 7.52. The summed E-state index contributed by atoms with van der Waals surface area (Å²) < 4.78 is 19.1. The van der Waals surface area contributed by atoms with E-state index in [2.05, 4.69) is 0 Å². The van der Waals surface area contributed by atoms with E-state index in [0.717, 1.165) is 44.1 Å². The molecule has 2 aromatic carbocycles. The van der Waals surface area contributed by atoms with E-state index in [4.69, 9.17) is 10.5 Å². The molecule has 0 fully saturated rings. The monoisotopic (exact) mass is 315 g/mol. The van der Waals surface area contributed by atoms with E-state index < -0.39 is 10.8 Å². The van der Waals surface area contributed by atoms with Gasteiger partial charge in [0.05, 0.1) is 15.7 Å². The summed E-state index contributed by atoms with van der Waals surface area (Å²) in [5, 5.41) is 0. The minimum absolute atomic E-state index is 0.337. The number of ether oxygens (including phenoxy) is 1. The third-order valence-corrected chi connectivity index (χ3v) is 6.10. The van der Waals surface area contributed by atoms with Crippen LogP contribution in [0.15, 0.2) is 29.2 Å². The predicted molar refractivity (Wildman–Crippen MR) is 90.8 cm³/mol. The van der Waals surface area contributed by atoms with E-state index in [0.29, 0.717) is 6.42 Å². The highest BCUT2D eigenvalue weighted by Gasteiger charge is 2.31. The van der Waals surface area contributed by atoms with Crippen molar-refractivity contribution in [2.75, 3.05) is 5.73 Å². The number of para-hydroxylation sites is 1. The Labute approximate surface area is 134 Å². The van der Waals surface area contributed by atoms with Gasteiger partial charge < -0.3 is 10.5 Å². The number of hydrogen-bond donors (Lipinski definition) is 1. The van der Waals surface area contributed by atoms with Crippen LogP contribution in [0.3, 0.4) is 0 Å². The van der Waals surface area contributed by atoms with Gasteiger partial charge in [0.15, 0.2) is 5.44 Å². The fourth-order valence-corrected chi connectivity index (χ4v) is 4.70. The van der Waals surface area contributed by atoms with Gasteiger partial charge in [0.25, 0.3) is 0 Å². The molecule has 0 amide bonds. The summed E-state index contributed by atoms with van der Waals surface area (Å²) in [5.74, 6) is 0.885. The van der Waals surface area contributed by atoms with Gasteiger partial charge in [0.1, 0.15) is 5.75 Å². The Bertz CT molecular complexity index is 783. The molecule has 22 heavy (non-hydrogen) atoms. The molecule has 116 valence electrons. The van der Waals surface area contributed by atoms with Gasteiger partial charge in [-0.15, -0.1) is 0 Å². The van der Waals surface area contributed by atoms with Crippen molar-refractivity contribution in [1.29, 1.82) is 0 Å². The molecule has 2 N–H and O–H groups in total. The summed E-state index contributed by atoms with van der Waals surface area (Å²) in [6.45, 7) is 7.92. The number of nitrogens with two attached hydrogens (primary N) is 1. The van der Waals surface area contributed by atoms with Gasteiger partial charge in [-0.1, -0.05) is 24.3 Å². The zero-order valence-corrected chi connectivity index (χ0v) is 14.2. The van der Waals surface area contributed by atoms with Crippen LogP contribution < -0.4 is 10.5 Å². The van der Waals surface area contributed by atoms with Gasteiger partial charge >= 0.3 is 0 Å². The van der Waals surface area contributed by atoms with Gasteiger partial charge in [-0.3, -0.25) is 4.21 Å². The van der Waals surface area contributed by atoms with Gasteiger partial charge in [0.2, 0.25) is 0 Å². The first-order valence-corrected chi connectivity index (χ1v) is 8.63. The average Bonchev–Trinajstić information content (AvgIpc) is 2.90. The van der Waals surface area contributed by atoms with E-state index in [9.17, 15) is 4.21 Å². The fraction of sp³-hybridized carbons (Fsp3) is 0.333. The van der Waals surface area contributed by atoms with Gasteiger partial charge in [0, 0.05) is 12.1 Å². The highest BCUT2D eigenvalue weighted by molar-refractivity contribution is 7.85. The standard InChI is InChI=1S/C18H21NO2S/c1-10-6-5-7-14-9-15(21-17(10)14)22(20)18-12(3)8-11(2)16(19)13(18)4/h5-8,15H,9,19H2,1-4H3. The number of benzene rings is 2. The Balaban J connectivity index is 1.98. The smallest absolute Gasteiger partial charge is 0.181 e. The average molecular weight is 315 g/mol. The van der Waals surface area contributed by atoms with E-state index in [1.54, 1.807) is 0 Å². The molecular formula is C18H21NO2S. The molecule has 0 saturated heterocycles. The lowest BCUT2D eigenvalue weighted by atomic mass is 10.1. The van der Waals surface area contributed by atoms with Crippen molar-refractivity contribution >= 4 is 16.5 Å². The molecule has 2 atom stereocenters. The van der Waals surface area contributed by atoms with E-state index in [1.165, 1.54) is 0 Å². The van der Waals surface area contributed by atoms with Gasteiger partial charge in [-0.25, -0.2) is 0 Å². The van der Waals surface area contributed by atoms with Crippen LogP contribution >= 0.6 is 0 Å². The summed E-state index contributed by atoms with van der Waals surface area (Å²) in [5.41, 5.74) is 11.7. The van der Waals surface area contributed by atoms with E-state index in [1.807, 2.05) is 52.0 Å². The zero-order chi connectivity index (χ0) is 16.0. The minimum atomic E-state index is -1.24. The molecule has 2 aromatic rings. The first kappa shape index (κ1) is 15.1. The summed E-state index contributed by atoms with van der Waals surface area (Å²) in [4.78, 5) is 0.818. The van der Waals surface area contributed by atoms with Crippen molar-refractivity contribution in [2.45, 2.75) is 44.4 Å². The summed E-state index contributed by atoms with van der Waals surface area (Å²) in [7, 11) is -1.24. The maximum Gasteiger partial charge on any atom is 0.181 e. The SMILES string of the molecule is Cc1cc(C)c(S(=O)C2Cc3cccc(C)c3O2)c(C)c1N. The van der Waals surface area contributed by atoms with Crippen LogP contribution in [0.5, 0.6) is 5.75 Å². The lowest BCUT2D eigenvalue weighted by Crippen LogP contribution is -2.22. The molecule has 2 unspecified atom stereocenters. The van der Waals surface area contributed by atoms with Crippen LogP contribution in [0.1, 0.15) is 27.8 Å². The third kappa shape index (κ3) is 2.31. The van der Waals surface area contributed by atoms with Crippen molar-refractivity contribution in [3.05, 3.63) is 52.1 Å². The lowest BCUT2D eigenvalue weighted by molar-refractivity contribution is 0.313. The molecule has 0 spiro atoms. The predicted octanol–water partition coefficient (Wildman–Crippen LogP) is 3.57. The Morgan fingerprint density at radius 1 is 1.14 bits per heavy atom. The van der Waals surface area contributed by atoms with Gasteiger partial charge in [-0.05, 0) is 55.5 Å². The highest BCUT2D eigenvalue weighted by Crippen LogP contribution is 2.36. The van der Waals surface area contributed by atoms with Crippen molar-refractivity contribution < 1.29 is 8.95 Å². The molecule has 4 heteroatoms. The maximum absolute atomic E-state index is 13.1. The Hall–Kier alpha value is -1.81. The van der Waals surface area contributed by atoms with Gasteiger partial charge in [-0.2, -0.15) is 0 Å². The Kier molecular flexibility index (Phi) is 3.73. The maximum atomic E-state index is 13.1.